The van der Waals surface area contributed by atoms with Crippen LogP contribution in [0.1, 0.15) is 32.6 Å². The molecule has 2 aromatic carbocycles. The highest BCUT2D eigenvalue weighted by molar-refractivity contribution is 9.09. The number of halogens is 1. The summed E-state index contributed by atoms with van der Waals surface area (Å²) in [5.41, 5.74) is 6.83. The van der Waals surface area contributed by atoms with Gasteiger partial charge in [0.25, 0.3) is 0 Å². The highest BCUT2D eigenvalue weighted by atomic mass is 79.9. The van der Waals surface area contributed by atoms with Gasteiger partial charge in [-0.3, -0.25) is 0 Å². The minimum atomic E-state index is 0.263. The molecular formula is C18H17BrS. The molecule has 0 saturated carbocycles. The number of aryl methyl sites for hydroxylation is 3. The van der Waals surface area contributed by atoms with Crippen LogP contribution >= 0.6 is 27.3 Å². The van der Waals surface area contributed by atoms with Gasteiger partial charge in [-0.25, -0.2) is 0 Å². The van der Waals surface area contributed by atoms with Gasteiger partial charge in [0.15, 0.2) is 0 Å². The van der Waals surface area contributed by atoms with Crippen LogP contribution in [0.4, 0.5) is 0 Å². The van der Waals surface area contributed by atoms with E-state index in [1.54, 1.807) is 0 Å². The SMILES string of the molecule is Cc1cc(C)c(C(Br)c2csc3ccccc23)c(C)c1. The van der Waals surface area contributed by atoms with Gasteiger partial charge >= 0.3 is 0 Å². The number of thiophene rings is 1. The van der Waals surface area contributed by atoms with E-state index in [1.165, 1.54) is 37.9 Å². The number of alkyl halides is 1. The number of fused-ring (bicyclic) bond motifs is 1. The molecule has 0 fully saturated rings. The molecule has 0 spiro atoms. The van der Waals surface area contributed by atoms with Crippen LogP contribution in [0, 0.1) is 20.8 Å². The van der Waals surface area contributed by atoms with Gasteiger partial charge in [-0.1, -0.05) is 51.8 Å². The van der Waals surface area contributed by atoms with Crippen molar-refractivity contribution in [2.24, 2.45) is 0 Å². The minimum absolute atomic E-state index is 0.263. The summed E-state index contributed by atoms with van der Waals surface area (Å²) >= 11 is 5.75. The Balaban J connectivity index is 2.16. The first-order valence-corrected chi connectivity index (χ1v) is 8.55. The third kappa shape index (κ3) is 2.32. The molecule has 0 aliphatic carbocycles. The van der Waals surface area contributed by atoms with E-state index >= 15 is 0 Å². The molecule has 0 aliphatic heterocycles. The molecule has 0 amide bonds. The number of rotatable bonds is 2. The predicted octanol–water partition coefficient (Wildman–Crippen LogP) is 6.31. The van der Waals surface area contributed by atoms with E-state index in [1.807, 2.05) is 11.3 Å². The summed E-state index contributed by atoms with van der Waals surface area (Å²) in [5, 5.41) is 3.64. The zero-order valence-corrected chi connectivity index (χ0v) is 14.3. The lowest BCUT2D eigenvalue weighted by atomic mass is 9.94. The van der Waals surface area contributed by atoms with E-state index in [0.29, 0.717) is 0 Å². The van der Waals surface area contributed by atoms with E-state index in [-0.39, 0.29) is 4.83 Å². The first-order valence-electron chi connectivity index (χ1n) is 6.76. The van der Waals surface area contributed by atoms with Crippen LogP contribution in [-0.2, 0) is 0 Å². The van der Waals surface area contributed by atoms with Gasteiger partial charge in [0.05, 0.1) is 4.83 Å². The Morgan fingerprint density at radius 2 is 1.65 bits per heavy atom. The number of benzene rings is 2. The van der Waals surface area contributed by atoms with Crippen LogP contribution in [0.5, 0.6) is 0 Å². The van der Waals surface area contributed by atoms with Crippen molar-refractivity contribution >= 4 is 37.4 Å². The molecule has 102 valence electrons. The van der Waals surface area contributed by atoms with Crippen molar-refractivity contribution in [3.05, 3.63) is 69.6 Å². The average Bonchev–Trinajstić information content (AvgIpc) is 2.81. The zero-order valence-electron chi connectivity index (χ0n) is 11.9. The zero-order chi connectivity index (χ0) is 14.3. The quantitative estimate of drug-likeness (QED) is 0.477. The first kappa shape index (κ1) is 13.8. The Labute approximate surface area is 132 Å². The highest BCUT2D eigenvalue weighted by Gasteiger charge is 2.18. The Bertz CT molecular complexity index is 747. The van der Waals surface area contributed by atoms with E-state index in [2.05, 4.69) is 78.5 Å². The van der Waals surface area contributed by atoms with Gasteiger partial charge in [-0.2, -0.15) is 0 Å². The third-order valence-electron chi connectivity index (χ3n) is 3.78. The topological polar surface area (TPSA) is 0 Å². The fraction of sp³-hybridized carbons (Fsp3) is 0.222. The maximum absolute atomic E-state index is 3.93. The lowest BCUT2D eigenvalue weighted by molar-refractivity contribution is 1.12. The van der Waals surface area contributed by atoms with E-state index < -0.39 is 0 Å². The molecule has 1 aromatic heterocycles. The standard InChI is InChI=1S/C18H17BrS/c1-11-8-12(2)17(13(3)9-11)18(19)15-10-20-16-7-5-4-6-14(15)16/h4-10,18H,1-3H3. The first-order chi connectivity index (χ1) is 9.58. The molecule has 1 atom stereocenters. The van der Waals surface area contributed by atoms with E-state index in [4.69, 9.17) is 0 Å². The van der Waals surface area contributed by atoms with Crippen LogP contribution < -0.4 is 0 Å². The van der Waals surface area contributed by atoms with Gasteiger partial charge in [0.2, 0.25) is 0 Å². The van der Waals surface area contributed by atoms with Crippen molar-refractivity contribution in [2.45, 2.75) is 25.6 Å². The summed E-state index contributed by atoms with van der Waals surface area (Å²) < 4.78 is 1.36. The predicted molar refractivity (Wildman–Crippen MR) is 93.2 cm³/mol. The van der Waals surface area contributed by atoms with Crippen LogP contribution in [-0.4, -0.2) is 0 Å². The molecular weight excluding hydrogens is 328 g/mol. The molecule has 20 heavy (non-hydrogen) atoms. The van der Waals surface area contributed by atoms with Crippen LogP contribution in [0.25, 0.3) is 10.1 Å². The smallest absolute Gasteiger partial charge is 0.0663 e. The Morgan fingerprint density at radius 3 is 2.35 bits per heavy atom. The van der Waals surface area contributed by atoms with Gasteiger partial charge in [0, 0.05) is 4.70 Å². The van der Waals surface area contributed by atoms with E-state index in [0.717, 1.165) is 0 Å². The second-order valence-electron chi connectivity index (χ2n) is 5.36. The molecule has 0 saturated heterocycles. The summed E-state index contributed by atoms with van der Waals surface area (Å²) in [7, 11) is 0. The molecule has 3 rings (SSSR count). The van der Waals surface area contributed by atoms with Crippen molar-refractivity contribution in [2.75, 3.05) is 0 Å². The fourth-order valence-electron chi connectivity index (χ4n) is 2.94. The maximum Gasteiger partial charge on any atom is 0.0663 e. The molecule has 1 unspecified atom stereocenters. The molecule has 2 heteroatoms. The second-order valence-corrected chi connectivity index (χ2v) is 7.19. The highest BCUT2D eigenvalue weighted by Crippen LogP contribution is 2.41. The van der Waals surface area contributed by atoms with Crippen LogP contribution in [0.2, 0.25) is 0 Å². The van der Waals surface area contributed by atoms with Gasteiger partial charge < -0.3 is 0 Å². The summed E-state index contributed by atoms with van der Waals surface area (Å²) in [6.07, 6.45) is 0. The van der Waals surface area contributed by atoms with Crippen LogP contribution in [0.15, 0.2) is 41.8 Å². The van der Waals surface area contributed by atoms with Gasteiger partial charge in [-0.15, -0.1) is 11.3 Å². The van der Waals surface area contributed by atoms with Crippen molar-refractivity contribution < 1.29 is 0 Å². The molecule has 0 nitrogen and oxygen atoms in total. The number of hydrogen-bond acceptors (Lipinski definition) is 1. The molecule has 0 aliphatic rings. The van der Waals surface area contributed by atoms with E-state index in [9.17, 15) is 0 Å². The van der Waals surface area contributed by atoms with Gasteiger partial charge in [0.1, 0.15) is 0 Å². The van der Waals surface area contributed by atoms with Crippen LogP contribution in [0.3, 0.4) is 0 Å². The van der Waals surface area contributed by atoms with Crippen molar-refractivity contribution in [3.8, 4) is 0 Å². The molecule has 3 aromatic rings. The largest absolute Gasteiger partial charge is 0.143 e. The Hall–Kier alpha value is -1.12. The Kier molecular flexibility index (Phi) is 3.70. The summed E-state index contributed by atoms with van der Waals surface area (Å²) in [4.78, 5) is 0.263. The van der Waals surface area contributed by atoms with Crippen molar-refractivity contribution in [3.63, 3.8) is 0 Å². The summed E-state index contributed by atoms with van der Waals surface area (Å²) in [5.74, 6) is 0. The summed E-state index contributed by atoms with van der Waals surface area (Å²) in [6, 6.07) is 13.2. The second kappa shape index (κ2) is 5.34. The normalized spacial score (nSPS) is 12.8. The molecule has 0 N–H and O–H groups in total. The molecule has 0 radical (unpaired) electrons. The minimum Gasteiger partial charge on any atom is -0.143 e. The van der Waals surface area contributed by atoms with Crippen molar-refractivity contribution in [1.82, 2.24) is 0 Å². The fourth-order valence-corrected chi connectivity index (χ4v) is 5.20. The molecule has 0 bridgehead atoms. The maximum atomic E-state index is 3.93. The number of hydrogen-bond donors (Lipinski definition) is 0. The molecule has 1 heterocycles. The monoisotopic (exact) mass is 344 g/mol. The Morgan fingerprint density at radius 1 is 1.00 bits per heavy atom. The lowest BCUT2D eigenvalue weighted by Crippen LogP contribution is -1.99. The van der Waals surface area contributed by atoms with Gasteiger partial charge in [-0.05, 0) is 59.9 Å². The van der Waals surface area contributed by atoms with Crippen molar-refractivity contribution in [1.29, 1.82) is 0 Å². The lowest BCUT2D eigenvalue weighted by Gasteiger charge is -2.17. The average molecular weight is 345 g/mol. The summed E-state index contributed by atoms with van der Waals surface area (Å²) in [6.45, 7) is 6.57. The third-order valence-corrected chi connectivity index (χ3v) is 5.71.